The van der Waals surface area contributed by atoms with E-state index in [1.807, 2.05) is 24.3 Å². The molecule has 2 aromatic carbocycles. The van der Waals surface area contributed by atoms with Crippen LogP contribution in [0.3, 0.4) is 0 Å². The molecule has 0 aromatic heterocycles. The van der Waals surface area contributed by atoms with Crippen LogP contribution in [0.15, 0.2) is 48.5 Å². The zero-order valence-corrected chi connectivity index (χ0v) is 10.4. The van der Waals surface area contributed by atoms with E-state index in [0.717, 1.165) is 6.42 Å². The molecule has 2 aromatic rings. The summed E-state index contributed by atoms with van der Waals surface area (Å²) >= 11 is 0. The summed E-state index contributed by atoms with van der Waals surface area (Å²) in [5.41, 5.74) is 4.96. The molecule has 19 heavy (non-hydrogen) atoms. The van der Waals surface area contributed by atoms with Crippen molar-refractivity contribution < 1.29 is 9.90 Å². The van der Waals surface area contributed by atoms with Gasteiger partial charge in [-0.1, -0.05) is 48.5 Å². The Balaban J connectivity index is 2.00. The molecule has 2 bridgehead atoms. The molecular weight excluding hydrogens is 236 g/mol. The Morgan fingerprint density at radius 1 is 0.947 bits per heavy atom. The number of carboxylic acid groups (broad SMARTS) is 1. The van der Waals surface area contributed by atoms with Gasteiger partial charge in [-0.25, -0.2) is 0 Å². The minimum Gasteiger partial charge on any atom is -0.481 e. The first-order valence-corrected chi connectivity index (χ1v) is 6.67. The first-order chi connectivity index (χ1) is 9.27. The lowest BCUT2D eigenvalue weighted by atomic mass is 9.73. The van der Waals surface area contributed by atoms with Crippen molar-refractivity contribution in [3.8, 4) is 0 Å². The van der Waals surface area contributed by atoms with Crippen molar-refractivity contribution in [2.24, 2.45) is 5.92 Å². The van der Waals surface area contributed by atoms with E-state index < -0.39 is 5.97 Å². The fraction of sp³-hybridized carbons (Fsp3) is 0.235. The Labute approximate surface area is 111 Å². The standard InChI is InChI=1S/C17H14O2/c18-17(19)16-14-9-10-5-1-2-6-11(10)15(16)13-8-4-3-7-12(13)14/h1-8,14-16H,9H2,(H,18,19)/t14-,15-,16+/m0/s1. The summed E-state index contributed by atoms with van der Waals surface area (Å²) in [6.07, 6.45) is 0.848. The SMILES string of the molecule is O=C(O)[C@H]1[C@H]2c3ccccc3C[C@H]1c1ccccc12. The number of fused-ring (bicyclic) bond motifs is 7. The summed E-state index contributed by atoms with van der Waals surface area (Å²) in [6, 6.07) is 16.5. The van der Waals surface area contributed by atoms with Crippen LogP contribution in [-0.4, -0.2) is 11.1 Å². The zero-order valence-electron chi connectivity index (χ0n) is 10.4. The third-order valence-electron chi connectivity index (χ3n) is 4.64. The highest BCUT2D eigenvalue weighted by atomic mass is 16.4. The lowest BCUT2D eigenvalue weighted by molar-refractivity contribution is -0.142. The van der Waals surface area contributed by atoms with Crippen molar-refractivity contribution >= 4 is 5.97 Å². The third kappa shape index (κ3) is 1.34. The lowest BCUT2D eigenvalue weighted by Crippen LogP contribution is -2.28. The Morgan fingerprint density at radius 2 is 1.58 bits per heavy atom. The maximum absolute atomic E-state index is 11.7. The number of carboxylic acids is 1. The van der Waals surface area contributed by atoms with Gasteiger partial charge in [0, 0.05) is 11.8 Å². The predicted octanol–water partition coefficient (Wildman–Crippen LogP) is 3.17. The van der Waals surface area contributed by atoms with E-state index in [2.05, 4.69) is 24.3 Å². The molecule has 0 spiro atoms. The van der Waals surface area contributed by atoms with Gasteiger partial charge in [-0.05, 0) is 28.7 Å². The van der Waals surface area contributed by atoms with E-state index in [1.54, 1.807) is 0 Å². The molecule has 4 rings (SSSR count). The van der Waals surface area contributed by atoms with Crippen molar-refractivity contribution in [1.82, 2.24) is 0 Å². The van der Waals surface area contributed by atoms with Crippen LogP contribution in [0.1, 0.15) is 34.1 Å². The monoisotopic (exact) mass is 250 g/mol. The number of carbonyl (C=O) groups is 1. The molecule has 2 heteroatoms. The first-order valence-electron chi connectivity index (χ1n) is 6.67. The number of aliphatic carboxylic acids is 1. The predicted molar refractivity (Wildman–Crippen MR) is 72.3 cm³/mol. The van der Waals surface area contributed by atoms with Gasteiger partial charge in [-0.2, -0.15) is 0 Å². The molecule has 0 amide bonds. The fourth-order valence-corrected chi connectivity index (χ4v) is 3.92. The van der Waals surface area contributed by atoms with E-state index in [-0.39, 0.29) is 17.8 Å². The Morgan fingerprint density at radius 3 is 2.32 bits per heavy atom. The van der Waals surface area contributed by atoms with Gasteiger partial charge in [0.15, 0.2) is 0 Å². The molecular formula is C17H14O2. The maximum atomic E-state index is 11.7. The summed E-state index contributed by atoms with van der Waals surface area (Å²) in [4.78, 5) is 11.7. The first kappa shape index (κ1) is 10.8. The molecule has 0 aliphatic heterocycles. The summed E-state index contributed by atoms with van der Waals surface area (Å²) in [5.74, 6) is -0.801. The van der Waals surface area contributed by atoms with Crippen LogP contribution in [-0.2, 0) is 11.2 Å². The van der Waals surface area contributed by atoms with Gasteiger partial charge in [-0.3, -0.25) is 4.79 Å². The molecule has 0 saturated heterocycles. The molecule has 2 aliphatic carbocycles. The normalized spacial score (nSPS) is 26.6. The van der Waals surface area contributed by atoms with E-state index >= 15 is 0 Å². The highest BCUT2D eigenvalue weighted by Gasteiger charge is 2.48. The van der Waals surface area contributed by atoms with Gasteiger partial charge >= 0.3 is 5.97 Å². The van der Waals surface area contributed by atoms with Crippen molar-refractivity contribution in [2.45, 2.75) is 18.3 Å². The van der Waals surface area contributed by atoms with Crippen LogP contribution >= 0.6 is 0 Å². The molecule has 1 N–H and O–H groups in total. The number of hydrogen-bond acceptors (Lipinski definition) is 1. The second kappa shape index (κ2) is 3.70. The van der Waals surface area contributed by atoms with Crippen LogP contribution in [0.2, 0.25) is 0 Å². The largest absolute Gasteiger partial charge is 0.481 e. The third-order valence-corrected chi connectivity index (χ3v) is 4.64. The van der Waals surface area contributed by atoms with Crippen molar-refractivity contribution in [2.75, 3.05) is 0 Å². The van der Waals surface area contributed by atoms with Gasteiger partial charge < -0.3 is 5.11 Å². The summed E-state index contributed by atoms with van der Waals surface area (Å²) < 4.78 is 0. The summed E-state index contributed by atoms with van der Waals surface area (Å²) in [5, 5.41) is 9.62. The van der Waals surface area contributed by atoms with Gasteiger partial charge in [0.1, 0.15) is 0 Å². The summed E-state index contributed by atoms with van der Waals surface area (Å²) in [6.45, 7) is 0. The average Bonchev–Trinajstić information content (AvgIpc) is 2.68. The van der Waals surface area contributed by atoms with Gasteiger partial charge in [0.2, 0.25) is 0 Å². The Kier molecular flexibility index (Phi) is 2.10. The van der Waals surface area contributed by atoms with Gasteiger partial charge in [0.25, 0.3) is 0 Å². The van der Waals surface area contributed by atoms with Gasteiger partial charge in [0.05, 0.1) is 5.92 Å². The van der Waals surface area contributed by atoms with E-state index in [9.17, 15) is 9.90 Å². The van der Waals surface area contributed by atoms with E-state index in [0.29, 0.717) is 0 Å². The fourth-order valence-electron chi connectivity index (χ4n) is 3.92. The highest BCUT2D eigenvalue weighted by molar-refractivity contribution is 5.77. The molecule has 0 fully saturated rings. The molecule has 0 heterocycles. The molecule has 0 saturated carbocycles. The molecule has 2 aliphatic rings. The van der Waals surface area contributed by atoms with Crippen LogP contribution in [0.4, 0.5) is 0 Å². The molecule has 94 valence electrons. The quantitative estimate of drug-likeness (QED) is 0.844. The number of hydrogen-bond donors (Lipinski definition) is 1. The Hall–Kier alpha value is -2.09. The zero-order chi connectivity index (χ0) is 13.0. The topological polar surface area (TPSA) is 37.3 Å². The smallest absolute Gasteiger partial charge is 0.308 e. The molecule has 0 unspecified atom stereocenters. The van der Waals surface area contributed by atoms with Gasteiger partial charge in [-0.15, -0.1) is 0 Å². The Bertz CT molecular complexity index is 663. The van der Waals surface area contributed by atoms with Crippen molar-refractivity contribution in [3.05, 3.63) is 70.8 Å². The molecule has 0 radical (unpaired) electrons. The van der Waals surface area contributed by atoms with Crippen LogP contribution in [0.5, 0.6) is 0 Å². The van der Waals surface area contributed by atoms with Crippen molar-refractivity contribution in [1.29, 1.82) is 0 Å². The lowest BCUT2D eigenvalue weighted by Gasteiger charge is -2.29. The second-order valence-corrected chi connectivity index (χ2v) is 5.48. The minimum absolute atomic E-state index is 0.0312. The second-order valence-electron chi connectivity index (χ2n) is 5.48. The molecule has 2 nitrogen and oxygen atoms in total. The van der Waals surface area contributed by atoms with E-state index in [1.165, 1.54) is 22.3 Å². The van der Waals surface area contributed by atoms with Crippen LogP contribution in [0, 0.1) is 5.92 Å². The molecule has 3 atom stereocenters. The van der Waals surface area contributed by atoms with Crippen LogP contribution in [0.25, 0.3) is 0 Å². The van der Waals surface area contributed by atoms with Crippen LogP contribution < -0.4 is 0 Å². The highest BCUT2D eigenvalue weighted by Crippen LogP contribution is 2.55. The number of rotatable bonds is 1. The summed E-state index contributed by atoms with van der Waals surface area (Å²) in [7, 11) is 0. The van der Waals surface area contributed by atoms with Crippen molar-refractivity contribution in [3.63, 3.8) is 0 Å². The minimum atomic E-state index is -0.666. The average molecular weight is 250 g/mol. The number of benzene rings is 2. The van der Waals surface area contributed by atoms with E-state index in [4.69, 9.17) is 0 Å². The maximum Gasteiger partial charge on any atom is 0.308 e.